The zero-order valence-corrected chi connectivity index (χ0v) is 13.2. The van der Waals surface area contributed by atoms with Gasteiger partial charge in [-0.05, 0) is 24.6 Å². The average molecular weight is 340 g/mol. The van der Waals surface area contributed by atoms with E-state index >= 15 is 0 Å². The summed E-state index contributed by atoms with van der Waals surface area (Å²) < 4.78 is 36.1. The highest BCUT2D eigenvalue weighted by molar-refractivity contribution is 7.91. The van der Waals surface area contributed by atoms with Crippen LogP contribution >= 0.6 is 0 Å². The van der Waals surface area contributed by atoms with E-state index in [9.17, 15) is 22.4 Å². The maximum Gasteiger partial charge on any atom is 0.227 e. The van der Waals surface area contributed by atoms with Gasteiger partial charge in [0.15, 0.2) is 9.84 Å². The van der Waals surface area contributed by atoms with E-state index in [1.807, 2.05) is 0 Å². The first-order valence-corrected chi connectivity index (χ1v) is 9.23. The van der Waals surface area contributed by atoms with Crippen LogP contribution in [0.3, 0.4) is 0 Å². The van der Waals surface area contributed by atoms with E-state index in [4.69, 9.17) is 0 Å². The Hall–Kier alpha value is -1.96. The number of amides is 2. The molecule has 2 heterocycles. The van der Waals surface area contributed by atoms with Gasteiger partial charge >= 0.3 is 0 Å². The highest BCUT2D eigenvalue weighted by Gasteiger charge is 2.37. The van der Waals surface area contributed by atoms with Crippen LogP contribution in [0.2, 0.25) is 0 Å². The van der Waals surface area contributed by atoms with Crippen LogP contribution in [-0.4, -0.2) is 44.3 Å². The van der Waals surface area contributed by atoms with Gasteiger partial charge in [0.25, 0.3) is 0 Å². The van der Waals surface area contributed by atoms with Crippen LogP contribution in [0.1, 0.15) is 12.8 Å². The molecule has 1 N–H and O–H groups in total. The van der Waals surface area contributed by atoms with E-state index in [1.54, 1.807) is 6.07 Å². The molecule has 6 nitrogen and oxygen atoms in total. The van der Waals surface area contributed by atoms with Crippen LogP contribution in [0, 0.1) is 11.7 Å². The van der Waals surface area contributed by atoms with Crippen molar-refractivity contribution in [3.8, 4) is 0 Å². The molecule has 1 aromatic rings. The molecule has 23 heavy (non-hydrogen) atoms. The normalized spacial score (nSPS) is 26.5. The van der Waals surface area contributed by atoms with Crippen LogP contribution < -0.4 is 10.2 Å². The number of hydrogen-bond donors (Lipinski definition) is 1. The number of carbonyl (C=O) groups is 2. The minimum atomic E-state index is -3.07. The smallest absolute Gasteiger partial charge is 0.227 e. The van der Waals surface area contributed by atoms with Gasteiger partial charge in [-0.3, -0.25) is 9.59 Å². The maximum atomic E-state index is 13.3. The fourth-order valence-electron chi connectivity index (χ4n) is 3.00. The van der Waals surface area contributed by atoms with Crippen molar-refractivity contribution >= 4 is 27.3 Å². The summed E-state index contributed by atoms with van der Waals surface area (Å²) in [5.74, 6) is -1.52. The Balaban J connectivity index is 1.64. The highest BCUT2D eigenvalue weighted by Crippen LogP contribution is 2.26. The predicted octanol–water partition coefficient (Wildman–Crippen LogP) is 0.482. The minimum absolute atomic E-state index is 0.0435. The summed E-state index contributed by atoms with van der Waals surface area (Å²) >= 11 is 0. The van der Waals surface area contributed by atoms with E-state index in [2.05, 4.69) is 5.32 Å². The minimum Gasteiger partial charge on any atom is -0.352 e. The van der Waals surface area contributed by atoms with E-state index < -0.39 is 21.6 Å². The zero-order chi connectivity index (χ0) is 16.6. The van der Waals surface area contributed by atoms with Crippen LogP contribution in [0.4, 0.5) is 10.1 Å². The van der Waals surface area contributed by atoms with Crippen molar-refractivity contribution in [3.63, 3.8) is 0 Å². The topological polar surface area (TPSA) is 83.5 Å². The van der Waals surface area contributed by atoms with Crippen molar-refractivity contribution in [1.29, 1.82) is 0 Å². The SMILES string of the molecule is O=C(NC1CCS(=O)(=O)C1)C1CC(=O)N(c2cccc(F)c2)C1. The Morgan fingerprint density at radius 2 is 2.13 bits per heavy atom. The van der Waals surface area contributed by atoms with Gasteiger partial charge in [-0.2, -0.15) is 0 Å². The second-order valence-electron chi connectivity index (χ2n) is 5.99. The number of benzene rings is 1. The standard InChI is InChI=1S/C15H17FN2O4S/c16-11-2-1-3-13(7-11)18-8-10(6-14(18)19)15(20)17-12-4-5-23(21,22)9-12/h1-3,7,10,12H,4-6,8-9H2,(H,17,20). The summed E-state index contributed by atoms with van der Waals surface area (Å²) in [4.78, 5) is 25.7. The van der Waals surface area contributed by atoms with Crippen molar-refractivity contribution in [2.24, 2.45) is 5.92 Å². The first kappa shape index (κ1) is 15.9. The number of carbonyl (C=O) groups excluding carboxylic acids is 2. The van der Waals surface area contributed by atoms with E-state index in [-0.39, 0.29) is 42.3 Å². The monoisotopic (exact) mass is 340 g/mol. The van der Waals surface area contributed by atoms with Gasteiger partial charge in [0, 0.05) is 24.7 Å². The molecule has 0 saturated carbocycles. The summed E-state index contributed by atoms with van der Waals surface area (Å²) in [5, 5.41) is 2.71. The largest absolute Gasteiger partial charge is 0.352 e. The molecular formula is C15H17FN2O4S. The molecule has 2 atom stereocenters. The van der Waals surface area contributed by atoms with Gasteiger partial charge in [-0.15, -0.1) is 0 Å². The van der Waals surface area contributed by atoms with Crippen LogP contribution in [0.5, 0.6) is 0 Å². The summed E-state index contributed by atoms with van der Waals surface area (Å²) in [7, 11) is -3.07. The number of nitrogens with one attached hydrogen (secondary N) is 1. The van der Waals surface area contributed by atoms with Gasteiger partial charge in [0.05, 0.1) is 17.4 Å². The highest BCUT2D eigenvalue weighted by atomic mass is 32.2. The van der Waals surface area contributed by atoms with Gasteiger partial charge < -0.3 is 10.2 Å². The van der Waals surface area contributed by atoms with Crippen LogP contribution in [0.25, 0.3) is 0 Å². The van der Waals surface area contributed by atoms with Gasteiger partial charge in [-0.25, -0.2) is 12.8 Å². The fourth-order valence-corrected chi connectivity index (χ4v) is 4.68. The zero-order valence-electron chi connectivity index (χ0n) is 12.4. The second-order valence-corrected chi connectivity index (χ2v) is 8.22. The molecule has 2 saturated heterocycles. The van der Waals surface area contributed by atoms with Crippen molar-refractivity contribution in [3.05, 3.63) is 30.1 Å². The summed E-state index contributed by atoms with van der Waals surface area (Å²) in [6.07, 6.45) is 0.449. The number of nitrogens with zero attached hydrogens (tertiary/aromatic N) is 1. The molecule has 0 aromatic heterocycles. The number of rotatable bonds is 3. The Bertz CT molecular complexity index is 750. The molecule has 0 spiro atoms. The average Bonchev–Trinajstić information content (AvgIpc) is 3.01. The molecule has 2 fully saturated rings. The van der Waals surface area contributed by atoms with Crippen molar-refractivity contribution in [2.75, 3.05) is 23.0 Å². The van der Waals surface area contributed by atoms with Crippen molar-refractivity contribution in [2.45, 2.75) is 18.9 Å². The number of hydrogen-bond acceptors (Lipinski definition) is 4. The van der Waals surface area contributed by atoms with Gasteiger partial charge in [-0.1, -0.05) is 6.07 Å². The van der Waals surface area contributed by atoms with Crippen LogP contribution in [-0.2, 0) is 19.4 Å². The molecule has 0 aliphatic carbocycles. The number of anilines is 1. The molecule has 124 valence electrons. The number of sulfone groups is 1. The van der Waals surface area contributed by atoms with Gasteiger partial charge in [0.2, 0.25) is 11.8 Å². The van der Waals surface area contributed by atoms with Crippen molar-refractivity contribution in [1.82, 2.24) is 5.32 Å². The van der Waals surface area contributed by atoms with Crippen molar-refractivity contribution < 1.29 is 22.4 Å². The molecular weight excluding hydrogens is 323 g/mol. The lowest BCUT2D eigenvalue weighted by Crippen LogP contribution is -2.40. The quantitative estimate of drug-likeness (QED) is 0.868. The molecule has 2 aliphatic heterocycles. The van der Waals surface area contributed by atoms with E-state index in [1.165, 1.54) is 23.1 Å². The molecule has 2 amide bonds. The lowest BCUT2D eigenvalue weighted by molar-refractivity contribution is -0.126. The molecule has 3 rings (SSSR count). The third-order valence-corrected chi connectivity index (χ3v) is 5.96. The molecule has 2 aliphatic rings. The first-order chi connectivity index (χ1) is 10.8. The van der Waals surface area contributed by atoms with Gasteiger partial charge in [0.1, 0.15) is 5.82 Å². The Labute approximate surface area is 133 Å². The Morgan fingerprint density at radius 1 is 1.35 bits per heavy atom. The Morgan fingerprint density at radius 3 is 2.78 bits per heavy atom. The molecule has 2 unspecified atom stereocenters. The Kier molecular flexibility index (Phi) is 4.09. The third kappa shape index (κ3) is 3.52. The fraction of sp³-hybridized carbons (Fsp3) is 0.467. The molecule has 0 radical (unpaired) electrons. The lowest BCUT2D eigenvalue weighted by atomic mass is 10.1. The van der Waals surface area contributed by atoms with E-state index in [0.29, 0.717) is 12.1 Å². The third-order valence-electron chi connectivity index (χ3n) is 4.19. The molecule has 0 bridgehead atoms. The maximum absolute atomic E-state index is 13.3. The molecule has 1 aromatic carbocycles. The van der Waals surface area contributed by atoms with Crippen LogP contribution in [0.15, 0.2) is 24.3 Å². The van der Waals surface area contributed by atoms with E-state index in [0.717, 1.165) is 0 Å². The predicted molar refractivity (Wildman–Crippen MR) is 82.1 cm³/mol. The first-order valence-electron chi connectivity index (χ1n) is 7.41. The second kappa shape index (κ2) is 5.92. The summed E-state index contributed by atoms with van der Waals surface area (Å²) in [5.41, 5.74) is 0.425. The molecule has 8 heteroatoms. The summed E-state index contributed by atoms with van der Waals surface area (Å²) in [6.45, 7) is 0.174. The number of halogens is 1. The summed E-state index contributed by atoms with van der Waals surface area (Å²) in [6, 6.07) is 5.28. The lowest BCUT2D eigenvalue weighted by Gasteiger charge is -2.17.